The highest BCUT2D eigenvalue weighted by Gasteiger charge is 2.26. The lowest BCUT2D eigenvalue weighted by atomic mass is 10.1. The van der Waals surface area contributed by atoms with Gasteiger partial charge in [-0.3, -0.25) is 9.69 Å². The summed E-state index contributed by atoms with van der Waals surface area (Å²) in [5, 5.41) is 5.06. The molecule has 1 atom stereocenters. The molecule has 1 aliphatic heterocycles. The van der Waals surface area contributed by atoms with Crippen LogP contribution in [-0.4, -0.2) is 37.0 Å². The Bertz CT molecular complexity index is 1020. The fourth-order valence-electron chi connectivity index (χ4n) is 3.77. The van der Waals surface area contributed by atoms with Gasteiger partial charge in [0.15, 0.2) is 0 Å². The van der Waals surface area contributed by atoms with Gasteiger partial charge in [-0.05, 0) is 48.6 Å². The number of benzene rings is 2. The topological polar surface area (TPSA) is 41.6 Å². The van der Waals surface area contributed by atoms with Crippen molar-refractivity contribution in [2.75, 3.05) is 20.2 Å². The van der Waals surface area contributed by atoms with E-state index >= 15 is 0 Å². The summed E-state index contributed by atoms with van der Waals surface area (Å²) >= 11 is 7.98. The van der Waals surface area contributed by atoms with Crippen LogP contribution >= 0.6 is 22.9 Å². The van der Waals surface area contributed by atoms with Gasteiger partial charge in [0.2, 0.25) is 0 Å². The van der Waals surface area contributed by atoms with E-state index in [0.29, 0.717) is 11.3 Å². The van der Waals surface area contributed by atoms with Crippen molar-refractivity contribution >= 4 is 38.9 Å². The van der Waals surface area contributed by atoms with Gasteiger partial charge in [-0.1, -0.05) is 29.8 Å². The van der Waals surface area contributed by atoms with Crippen molar-refractivity contribution in [1.29, 1.82) is 0 Å². The molecule has 0 radical (unpaired) electrons. The Kier molecular flexibility index (Phi) is 5.58. The summed E-state index contributed by atoms with van der Waals surface area (Å²) < 4.78 is 6.62. The highest BCUT2D eigenvalue weighted by molar-refractivity contribution is 7.19. The van der Waals surface area contributed by atoms with Gasteiger partial charge < -0.3 is 10.1 Å². The Morgan fingerprint density at radius 3 is 2.93 bits per heavy atom. The van der Waals surface area contributed by atoms with Crippen LogP contribution in [0.15, 0.2) is 42.5 Å². The van der Waals surface area contributed by atoms with E-state index in [9.17, 15) is 4.79 Å². The summed E-state index contributed by atoms with van der Waals surface area (Å²) in [5.41, 5.74) is 1.72. The molecule has 28 heavy (non-hydrogen) atoms. The van der Waals surface area contributed by atoms with Gasteiger partial charge in [-0.15, -0.1) is 11.3 Å². The molecule has 1 amide bonds. The third kappa shape index (κ3) is 4.02. The zero-order chi connectivity index (χ0) is 19.7. The Morgan fingerprint density at radius 2 is 2.14 bits per heavy atom. The normalized spacial score (nSPS) is 17.2. The molecule has 2 heterocycles. The minimum atomic E-state index is -0.0767. The van der Waals surface area contributed by atoms with E-state index in [4.69, 9.17) is 16.3 Å². The molecule has 3 aromatic rings. The van der Waals surface area contributed by atoms with Crippen molar-refractivity contribution in [3.05, 3.63) is 63.5 Å². The van der Waals surface area contributed by atoms with Gasteiger partial charge >= 0.3 is 0 Å². The maximum atomic E-state index is 12.9. The molecular weight excluding hydrogens is 392 g/mol. The maximum absolute atomic E-state index is 12.9. The monoisotopic (exact) mass is 414 g/mol. The molecule has 0 aliphatic carbocycles. The molecule has 4 rings (SSSR count). The SMILES string of the molecule is COc1cc2sc(C)cc2cc1C(=O)NC1CCN(Cc2ccccc2Cl)C1. The summed E-state index contributed by atoms with van der Waals surface area (Å²) in [5.74, 6) is 0.546. The van der Waals surface area contributed by atoms with Crippen LogP contribution in [0.25, 0.3) is 10.1 Å². The molecule has 0 spiro atoms. The minimum Gasteiger partial charge on any atom is -0.496 e. The summed E-state index contributed by atoms with van der Waals surface area (Å²) in [6.07, 6.45) is 0.929. The first-order chi connectivity index (χ1) is 13.5. The second-order valence-electron chi connectivity index (χ2n) is 7.23. The smallest absolute Gasteiger partial charge is 0.255 e. The average Bonchev–Trinajstić information content (AvgIpc) is 3.27. The van der Waals surface area contributed by atoms with Crippen LogP contribution in [0.4, 0.5) is 0 Å². The number of thiophene rings is 1. The first-order valence-corrected chi connectivity index (χ1v) is 10.6. The number of hydrogen-bond donors (Lipinski definition) is 1. The highest BCUT2D eigenvalue weighted by atomic mass is 35.5. The maximum Gasteiger partial charge on any atom is 0.255 e. The van der Waals surface area contributed by atoms with Gasteiger partial charge in [0.25, 0.3) is 5.91 Å². The van der Waals surface area contributed by atoms with Crippen LogP contribution in [0.5, 0.6) is 5.75 Å². The summed E-state index contributed by atoms with van der Waals surface area (Å²) in [7, 11) is 1.61. The van der Waals surface area contributed by atoms with E-state index in [1.165, 1.54) is 4.88 Å². The van der Waals surface area contributed by atoms with Crippen LogP contribution in [-0.2, 0) is 6.54 Å². The number of carbonyl (C=O) groups is 1. The van der Waals surface area contributed by atoms with Gasteiger partial charge in [0, 0.05) is 40.3 Å². The molecule has 1 aliphatic rings. The van der Waals surface area contributed by atoms with E-state index in [1.54, 1.807) is 18.4 Å². The number of hydrogen-bond acceptors (Lipinski definition) is 4. The molecule has 0 saturated carbocycles. The zero-order valence-electron chi connectivity index (χ0n) is 16.0. The first kappa shape index (κ1) is 19.2. The van der Waals surface area contributed by atoms with Crippen molar-refractivity contribution in [2.45, 2.75) is 25.9 Å². The first-order valence-electron chi connectivity index (χ1n) is 9.38. The molecule has 1 N–H and O–H groups in total. The molecule has 1 saturated heterocycles. The number of fused-ring (bicyclic) bond motifs is 1. The van der Waals surface area contributed by atoms with E-state index in [-0.39, 0.29) is 11.9 Å². The molecule has 146 valence electrons. The Hall–Kier alpha value is -2.08. The molecule has 0 bridgehead atoms. The third-order valence-electron chi connectivity index (χ3n) is 5.17. The van der Waals surface area contributed by atoms with Crippen molar-refractivity contribution in [3.8, 4) is 5.75 Å². The van der Waals surface area contributed by atoms with E-state index < -0.39 is 0 Å². The molecule has 4 nitrogen and oxygen atoms in total. The lowest BCUT2D eigenvalue weighted by Gasteiger charge is -2.18. The number of nitrogens with one attached hydrogen (secondary N) is 1. The molecular formula is C22H23ClN2O2S. The van der Waals surface area contributed by atoms with Gasteiger partial charge in [-0.25, -0.2) is 0 Å². The van der Waals surface area contributed by atoms with E-state index in [1.807, 2.05) is 30.3 Å². The molecule has 2 aromatic carbocycles. The molecule has 6 heteroatoms. The molecule has 1 fully saturated rings. The van der Waals surface area contributed by atoms with Crippen LogP contribution in [0.2, 0.25) is 5.02 Å². The summed E-state index contributed by atoms with van der Waals surface area (Å²) in [6, 6.07) is 14.0. The van der Waals surface area contributed by atoms with Crippen LogP contribution in [0.1, 0.15) is 27.2 Å². The Morgan fingerprint density at radius 1 is 1.32 bits per heavy atom. The van der Waals surface area contributed by atoms with Crippen molar-refractivity contribution in [2.24, 2.45) is 0 Å². The fourth-order valence-corrected chi connectivity index (χ4v) is 4.90. The number of nitrogens with zero attached hydrogens (tertiary/aromatic N) is 1. The number of halogens is 1. The number of aryl methyl sites for hydroxylation is 1. The third-order valence-corrected chi connectivity index (χ3v) is 6.55. The van der Waals surface area contributed by atoms with Crippen LogP contribution in [0.3, 0.4) is 0 Å². The molecule has 1 unspecified atom stereocenters. The van der Waals surface area contributed by atoms with Gasteiger partial charge in [-0.2, -0.15) is 0 Å². The van der Waals surface area contributed by atoms with Crippen LogP contribution < -0.4 is 10.1 Å². The van der Waals surface area contributed by atoms with Gasteiger partial charge in [0.05, 0.1) is 12.7 Å². The Labute approximate surface area is 174 Å². The number of amides is 1. The van der Waals surface area contributed by atoms with E-state index in [2.05, 4.69) is 29.3 Å². The van der Waals surface area contributed by atoms with Crippen molar-refractivity contribution in [3.63, 3.8) is 0 Å². The predicted molar refractivity (Wildman–Crippen MR) is 116 cm³/mol. The lowest BCUT2D eigenvalue weighted by Crippen LogP contribution is -2.37. The zero-order valence-corrected chi connectivity index (χ0v) is 17.6. The van der Waals surface area contributed by atoms with Crippen molar-refractivity contribution < 1.29 is 9.53 Å². The van der Waals surface area contributed by atoms with Crippen molar-refractivity contribution in [1.82, 2.24) is 10.2 Å². The second-order valence-corrected chi connectivity index (χ2v) is 8.93. The molecule has 1 aromatic heterocycles. The number of carbonyl (C=O) groups excluding carboxylic acids is 1. The predicted octanol–water partition coefficient (Wildman–Crippen LogP) is 4.88. The summed E-state index contributed by atoms with van der Waals surface area (Å²) in [4.78, 5) is 16.5. The quantitative estimate of drug-likeness (QED) is 0.647. The van der Waals surface area contributed by atoms with Crippen LogP contribution in [0, 0.1) is 6.92 Å². The Balaban J connectivity index is 1.44. The standard InChI is InChI=1S/C22H23ClN2O2S/c1-14-9-16-10-18(20(27-2)11-21(16)28-14)22(26)24-17-7-8-25(13-17)12-15-5-3-4-6-19(15)23/h3-6,9-11,17H,7-8,12-13H2,1-2H3,(H,24,26). The number of ether oxygens (including phenoxy) is 1. The average molecular weight is 415 g/mol. The van der Waals surface area contributed by atoms with E-state index in [0.717, 1.165) is 46.7 Å². The fraction of sp³-hybridized carbons (Fsp3) is 0.318. The summed E-state index contributed by atoms with van der Waals surface area (Å²) in [6.45, 7) is 4.63. The minimum absolute atomic E-state index is 0.0767. The number of rotatable bonds is 5. The number of likely N-dealkylation sites (tertiary alicyclic amines) is 1. The lowest BCUT2D eigenvalue weighted by molar-refractivity contribution is 0.0934. The van der Waals surface area contributed by atoms with Gasteiger partial charge in [0.1, 0.15) is 5.75 Å². The second kappa shape index (κ2) is 8.11. The highest BCUT2D eigenvalue weighted by Crippen LogP contribution is 2.32. The number of methoxy groups -OCH3 is 1. The largest absolute Gasteiger partial charge is 0.496 e.